The maximum atomic E-state index is 13.8. The van der Waals surface area contributed by atoms with Crippen LogP contribution in [0.25, 0.3) is 10.2 Å². The highest BCUT2D eigenvalue weighted by molar-refractivity contribution is 7.88. The molecule has 1 aliphatic heterocycles. The van der Waals surface area contributed by atoms with E-state index in [2.05, 4.69) is 11.1 Å². The summed E-state index contributed by atoms with van der Waals surface area (Å²) in [6.45, 7) is 4.70. The number of hydrogen-bond acceptors (Lipinski definition) is 6. The number of rotatable bonds is 5. The van der Waals surface area contributed by atoms with Gasteiger partial charge in [0.2, 0.25) is 15.9 Å². The van der Waals surface area contributed by atoms with Gasteiger partial charge in [0.25, 0.3) is 0 Å². The van der Waals surface area contributed by atoms with Crippen molar-refractivity contribution in [3.8, 4) is 0 Å². The monoisotopic (exact) mass is 458 g/mol. The lowest BCUT2D eigenvalue weighted by atomic mass is 10.0. The number of sulfonamides is 1. The largest absolute Gasteiger partial charge is 0.282 e. The average Bonchev–Trinajstić information content (AvgIpc) is 3.21. The molecule has 3 heterocycles. The molecule has 1 fully saturated rings. The summed E-state index contributed by atoms with van der Waals surface area (Å²) in [5, 5.41) is 0.584. The van der Waals surface area contributed by atoms with Crippen molar-refractivity contribution in [3.63, 3.8) is 0 Å². The molecule has 4 rings (SSSR count). The number of fused-ring (bicyclic) bond motifs is 1. The van der Waals surface area contributed by atoms with Gasteiger partial charge in [-0.25, -0.2) is 13.4 Å². The molecule has 1 amide bonds. The quantitative estimate of drug-likeness (QED) is 0.583. The van der Waals surface area contributed by atoms with Crippen LogP contribution in [0.3, 0.4) is 0 Å². The molecule has 1 atom stereocenters. The first-order chi connectivity index (χ1) is 14.8. The fourth-order valence-electron chi connectivity index (χ4n) is 4.01. The standard InChI is InChI=1S/C22H26N4O3S2/c1-15-9-10-16(2)20-19(15)24-22(30-20)25(14-17-7-6-11-23-13-17)21(27)18-8-4-5-12-26(18)31(3,28)29/h6-7,9-11,13,18H,4-5,8,12,14H2,1-3H3. The molecule has 164 valence electrons. The summed E-state index contributed by atoms with van der Waals surface area (Å²) < 4.78 is 27.2. The SMILES string of the molecule is Cc1ccc(C)c2sc(N(Cc3cccnc3)C(=O)C3CCCCN3S(C)(=O)=O)nc12. The number of pyridine rings is 1. The minimum Gasteiger partial charge on any atom is -0.282 e. The van der Waals surface area contributed by atoms with E-state index in [1.54, 1.807) is 17.3 Å². The number of carbonyl (C=O) groups is 1. The molecular weight excluding hydrogens is 432 g/mol. The first kappa shape index (κ1) is 21.9. The van der Waals surface area contributed by atoms with Crippen LogP contribution >= 0.6 is 11.3 Å². The van der Waals surface area contributed by atoms with E-state index in [9.17, 15) is 13.2 Å². The maximum absolute atomic E-state index is 13.8. The second-order valence-corrected chi connectivity index (χ2v) is 11.0. The first-order valence-electron chi connectivity index (χ1n) is 10.3. The second-order valence-electron chi connectivity index (χ2n) is 8.04. The van der Waals surface area contributed by atoms with Crippen LogP contribution in [0.2, 0.25) is 0 Å². The summed E-state index contributed by atoms with van der Waals surface area (Å²) in [6, 6.07) is 7.11. The van der Waals surface area contributed by atoms with Gasteiger partial charge in [0.05, 0.1) is 23.0 Å². The summed E-state index contributed by atoms with van der Waals surface area (Å²) in [6.07, 6.45) is 6.68. The molecule has 7 nitrogen and oxygen atoms in total. The average molecular weight is 459 g/mol. The number of carbonyl (C=O) groups excluding carboxylic acids is 1. The molecule has 0 radical (unpaired) electrons. The molecule has 1 aliphatic rings. The van der Waals surface area contributed by atoms with E-state index in [0.717, 1.165) is 39.7 Å². The van der Waals surface area contributed by atoms with Gasteiger partial charge >= 0.3 is 0 Å². The van der Waals surface area contributed by atoms with Crippen LogP contribution in [-0.2, 0) is 21.4 Å². The highest BCUT2D eigenvalue weighted by Gasteiger charge is 2.38. The Kier molecular flexibility index (Phi) is 6.09. The Hall–Kier alpha value is -2.36. The fraction of sp³-hybridized carbons (Fsp3) is 0.409. The second kappa shape index (κ2) is 8.64. The van der Waals surface area contributed by atoms with E-state index in [4.69, 9.17) is 4.98 Å². The zero-order chi connectivity index (χ0) is 22.2. The number of thiazole rings is 1. The molecule has 3 aromatic rings. The number of amides is 1. The molecule has 0 spiro atoms. The predicted molar refractivity (Wildman–Crippen MR) is 124 cm³/mol. The van der Waals surface area contributed by atoms with Crippen molar-refractivity contribution in [2.75, 3.05) is 17.7 Å². The van der Waals surface area contributed by atoms with Crippen LogP contribution in [0.15, 0.2) is 36.7 Å². The summed E-state index contributed by atoms with van der Waals surface area (Å²) in [4.78, 5) is 24.4. The van der Waals surface area contributed by atoms with Crippen molar-refractivity contribution in [1.29, 1.82) is 0 Å². The molecule has 0 N–H and O–H groups in total. The van der Waals surface area contributed by atoms with Crippen molar-refractivity contribution in [2.45, 2.75) is 45.7 Å². The number of nitrogens with zero attached hydrogens (tertiary/aromatic N) is 4. The lowest BCUT2D eigenvalue weighted by Gasteiger charge is -2.35. The summed E-state index contributed by atoms with van der Waals surface area (Å²) in [5.74, 6) is -0.233. The number of anilines is 1. The maximum Gasteiger partial charge on any atom is 0.247 e. The van der Waals surface area contributed by atoms with Crippen LogP contribution in [0.4, 0.5) is 5.13 Å². The number of benzene rings is 1. The van der Waals surface area contributed by atoms with Gasteiger partial charge in [-0.3, -0.25) is 14.7 Å². The lowest BCUT2D eigenvalue weighted by Crippen LogP contribution is -2.52. The van der Waals surface area contributed by atoms with E-state index in [0.29, 0.717) is 24.6 Å². The van der Waals surface area contributed by atoms with Crippen LogP contribution in [0, 0.1) is 13.8 Å². The minimum atomic E-state index is -3.49. The topological polar surface area (TPSA) is 83.5 Å². The smallest absolute Gasteiger partial charge is 0.247 e. The van der Waals surface area contributed by atoms with Crippen molar-refractivity contribution < 1.29 is 13.2 Å². The number of piperidine rings is 1. The molecule has 0 bridgehead atoms. The van der Waals surface area contributed by atoms with E-state index < -0.39 is 16.1 Å². The van der Waals surface area contributed by atoms with Gasteiger partial charge in [-0.15, -0.1) is 0 Å². The third kappa shape index (κ3) is 4.49. The van der Waals surface area contributed by atoms with E-state index in [-0.39, 0.29) is 5.91 Å². The van der Waals surface area contributed by atoms with Gasteiger partial charge in [-0.1, -0.05) is 36.0 Å². The third-order valence-corrected chi connectivity index (χ3v) is 8.16. The number of aryl methyl sites for hydroxylation is 2. The zero-order valence-electron chi connectivity index (χ0n) is 17.9. The minimum absolute atomic E-state index is 0.233. The Morgan fingerprint density at radius 3 is 2.68 bits per heavy atom. The van der Waals surface area contributed by atoms with E-state index in [1.165, 1.54) is 21.9 Å². The van der Waals surface area contributed by atoms with Crippen molar-refractivity contribution >= 4 is 42.6 Å². The summed E-state index contributed by atoms with van der Waals surface area (Å²) in [5.41, 5.74) is 3.90. The van der Waals surface area contributed by atoms with Gasteiger partial charge in [-0.05, 0) is 49.4 Å². The Bertz CT molecular complexity index is 1170. The zero-order valence-corrected chi connectivity index (χ0v) is 19.5. The van der Waals surface area contributed by atoms with Crippen LogP contribution in [0.1, 0.15) is 36.0 Å². The highest BCUT2D eigenvalue weighted by atomic mass is 32.2. The molecule has 9 heteroatoms. The van der Waals surface area contributed by atoms with Gasteiger partial charge in [0.1, 0.15) is 6.04 Å². The number of aromatic nitrogens is 2. The molecule has 1 unspecified atom stereocenters. The summed E-state index contributed by atoms with van der Waals surface area (Å²) >= 11 is 1.47. The molecule has 0 aliphatic carbocycles. The summed E-state index contributed by atoms with van der Waals surface area (Å²) in [7, 11) is -3.49. The van der Waals surface area contributed by atoms with Crippen molar-refractivity contribution in [2.24, 2.45) is 0 Å². The van der Waals surface area contributed by atoms with Gasteiger partial charge in [-0.2, -0.15) is 4.31 Å². The Balaban J connectivity index is 1.78. The van der Waals surface area contributed by atoms with Gasteiger partial charge < -0.3 is 0 Å². The molecule has 2 aromatic heterocycles. The van der Waals surface area contributed by atoms with E-state index >= 15 is 0 Å². The highest BCUT2D eigenvalue weighted by Crippen LogP contribution is 2.35. The first-order valence-corrected chi connectivity index (χ1v) is 13.0. The van der Waals surface area contributed by atoms with Crippen LogP contribution in [0.5, 0.6) is 0 Å². The Labute approximate surface area is 186 Å². The molecular formula is C22H26N4O3S2. The normalized spacial score (nSPS) is 17.7. The lowest BCUT2D eigenvalue weighted by molar-refractivity contribution is -0.123. The van der Waals surface area contributed by atoms with Crippen molar-refractivity contribution in [3.05, 3.63) is 53.3 Å². The molecule has 31 heavy (non-hydrogen) atoms. The number of hydrogen-bond donors (Lipinski definition) is 0. The molecule has 0 saturated carbocycles. The third-order valence-electron chi connectivity index (χ3n) is 5.66. The predicted octanol–water partition coefficient (Wildman–Crippen LogP) is 3.66. The molecule has 1 aromatic carbocycles. The van der Waals surface area contributed by atoms with Crippen LogP contribution < -0.4 is 4.90 Å². The molecule has 1 saturated heterocycles. The fourth-order valence-corrected chi connectivity index (χ4v) is 6.24. The Morgan fingerprint density at radius 2 is 2.00 bits per heavy atom. The van der Waals surface area contributed by atoms with Gasteiger partial charge in [0, 0.05) is 18.9 Å². The Morgan fingerprint density at radius 1 is 1.23 bits per heavy atom. The van der Waals surface area contributed by atoms with Crippen LogP contribution in [-0.4, -0.2) is 47.4 Å². The van der Waals surface area contributed by atoms with Crippen molar-refractivity contribution in [1.82, 2.24) is 14.3 Å². The van der Waals surface area contributed by atoms with Gasteiger partial charge in [0.15, 0.2) is 5.13 Å². The van der Waals surface area contributed by atoms with E-state index in [1.807, 2.05) is 32.0 Å².